The monoisotopic (exact) mass is 555 g/mol. The number of carbonyl (C=O) groups excluding carboxylic acids is 2. The zero-order chi connectivity index (χ0) is 29.4. The van der Waals surface area contributed by atoms with Crippen molar-refractivity contribution < 1.29 is 19.5 Å². The van der Waals surface area contributed by atoms with Crippen molar-refractivity contribution in [1.82, 2.24) is 4.90 Å². The highest BCUT2D eigenvalue weighted by Crippen LogP contribution is 2.38. The lowest BCUT2D eigenvalue weighted by Gasteiger charge is -2.33. The summed E-state index contributed by atoms with van der Waals surface area (Å²) >= 11 is 0. The normalized spacial score (nSPS) is 14.0. The van der Waals surface area contributed by atoms with Gasteiger partial charge in [-0.2, -0.15) is 0 Å². The third kappa shape index (κ3) is 7.30. The largest absolute Gasteiger partial charge is 0.481 e. The second kappa shape index (κ2) is 13.6. The Balaban J connectivity index is 1.74. The minimum Gasteiger partial charge on any atom is -0.481 e. The number of benzene rings is 3. The number of aliphatic imine (C=N–C) groups is 1. The molecule has 0 fully saturated rings. The predicted octanol–water partition coefficient (Wildman–Crippen LogP) is 3.97. The van der Waals surface area contributed by atoms with Gasteiger partial charge < -0.3 is 21.5 Å². The molecule has 9 nitrogen and oxygen atoms in total. The second-order valence-electron chi connectivity index (χ2n) is 10.4. The molecule has 4 rings (SSSR count). The Morgan fingerprint density at radius 3 is 2.15 bits per heavy atom. The first-order valence-electron chi connectivity index (χ1n) is 13.9. The summed E-state index contributed by atoms with van der Waals surface area (Å²) < 4.78 is 0. The molecule has 0 saturated carbocycles. The summed E-state index contributed by atoms with van der Waals surface area (Å²) in [5, 5.41) is 9.55. The van der Waals surface area contributed by atoms with Gasteiger partial charge in [-0.3, -0.25) is 24.3 Å². The summed E-state index contributed by atoms with van der Waals surface area (Å²) in [4.78, 5) is 46.7. The van der Waals surface area contributed by atoms with Crippen LogP contribution < -0.4 is 16.4 Å². The number of aryl methyl sites for hydroxylation is 1. The number of unbranched alkanes of at least 4 members (excludes halogenated alkanes) is 2. The van der Waals surface area contributed by atoms with E-state index < -0.39 is 17.9 Å². The average Bonchev–Trinajstić information content (AvgIpc) is 3.06. The highest BCUT2D eigenvalue weighted by Gasteiger charge is 2.37. The number of rotatable bonds is 12. The molecule has 1 aliphatic rings. The topological polar surface area (TPSA) is 142 Å². The van der Waals surface area contributed by atoms with E-state index in [2.05, 4.69) is 4.99 Å². The molecule has 0 bridgehead atoms. The molecule has 0 radical (unpaired) electrons. The maximum Gasteiger partial charge on any atom is 0.308 e. The van der Waals surface area contributed by atoms with Gasteiger partial charge in [-0.15, -0.1) is 0 Å². The van der Waals surface area contributed by atoms with Crippen LogP contribution in [-0.4, -0.2) is 53.4 Å². The molecule has 0 saturated heterocycles. The average molecular weight is 556 g/mol. The molecule has 1 unspecified atom stereocenters. The predicted molar refractivity (Wildman–Crippen MR) is 160 cm³/mol. The number of carbonyl (C=O) groups is 3. The van der Waals surface area contributed by atoms with Crippen molar-refractivity contribution in [3.63, 3.8) is 0 Å². The van der Waals surface area contributed by atoms with Gasteiger partial charge in [-0.05, 0) is 48.1 Å². The van der Waals surface area contributed by atoms with Crippen molar-refractivity contribution in [2.45, 2.75) is 38.6 Å². The highest BCUT2D eigenvalue weighted by molar-refractivity contribution is 6.10. The lowest BCUT2D eigenvalue weighted by atomic mass is 9.95. The molecule has 1 heterocycles. The number of fused-ring (bicyclic) bond motifs is 1. The van der Waals surface area contributed by atoms with Crippen LogP contribution in [-0.2, 0) is 16.0 Å². The van der Waals surface area contributed by atoms with Crippen molar-refractivity contribution >= 4 is 29.4 Å². The lowest BCUT2D eigenvalue weighted by molar-refractivity contribution is -0.141. The minimum atomic E-state index is -1.02. The number of nitrogens with zero attached hydrogens (tertiary/aromatic N) is 3. The van der Waals surface area contributed by atoms with Crippen LogP contribution in [0.15, 0.2) is 83.9 Å². The molecule has 214 valence electrons. The Morgan fingerprint density at radius 1 is 0.927 bits per heavy atom. The standard InChI is InChI=1S/C32H37N5O4/c1-22(31(40)41)20-36-21-28(38)37(29(24-12-6-2-7-13-24)25-14-8-3-9-15-25)27-17-16-23(19-26(27)30(36)39)11-5-4-10-18-35-32(33)34/h2-3,6-9,12-17,19,22,29H,4-5,10-11,18,20-21H2,1H3,(H,40,41)(H4,33,34,35). The second-order valence-corrected chi connectivity index (χ2v) is 10.4. The summed E-state index contributed by atoms with van der Waals surface area (Å²) in [7, 11) is 0. The van der Waals surface area contributed by atoms with Gasteiger partial charge in [0.05, 0.1) is 23.2 Å². The first-order chi connectivity index (χ1) is 19.8. The van der Waals surface area contributed by atoms with Gasteiger partial charge >= 0.3 is 5.97 Å². The first kappa shape index (κ1) is 29.3. The van der Waals surface area contributed by atoms with Crippen LogP contribution in [0.25, 0.3) is 0 Å². The van der Waals surface area contributed by atoms with Crippen LogP contribution in [0.1, 0.15) is 59.3 Å². The van der Waals surface area contributed by atoms with Gasteiger partial charge in [-0.1, -0.05) is 80.1 Å². The van der Waals surface area contributed by atoms with E-state index in [4.69, 9.17) is 11.5 Å². The van der Waals surface area contributed by atoms with Crippen LogP contribution in [0.3, 0.4) is 0 Å². The van der Waals surface area contributed by atoms with Crippen molar-refractivity contribution in [1.29, 1.82) is 0 Å². The molecule has 41 heavy (non-hydrogen) atoms. The lowest BCUT2D eigenvalue weighted by Crippen LogP contribution is -2.43. The Labute approximate surface area is 240 Å². The minimum absolute atomic E-state index is 0.0659. The Hall–Kier alpha value is -4.66. The van der Waals surface area contributed by atoms with Crippen LogP contribution in [0, 0.1) is 5.92 Å². The van der Waals surface area contributed by atoms with E-state index in [0.29, 0.717) is 17.8 Å². The molecular formula is C32H37N5O4. The van der Waals surface area contributed by atoms with E-state index in [1.807, 2.05) is 78.9 Å². The number of carboxylic acids is 1. The number of amides is 2. The summed E-state index contributed by atoms with van der Waals surface area (Å²) in [6.45, 7) is 1.82. The van der Waals surface area contributed by atoms with Crippen molar-refractivity contribution in [2.24, 2.45) is 22.4 Å². The summed E-state index contributed by atoms with van der Waals surface area (Å²) in [5.74, 6) is -2.39. The van der Waals surface area contributed by atoms with E-state index in [9.17, 15) is 19.5 Å². The number of hydrogen-bond donors (Lipinski definition) is 3. The van der Waals surface area contributed by atoms with E-state index in [1.54, 1.807) is 11.8 Å². The molecule has 3 aromatic carbocycles. The van der Waals surface area contributed by atoms with Crippen LogP contribution in [0.5, 0.6) is 0 Å². The first-order valence-corrected chi connectivity index (χ1v) is 13.9. The van der Waals surface area contributed by atoms with Gasteiger partial charge in [0, 0.05) is 13.1 Å². The van der Waals surface area contributed by atoms with Crippen LogP contribution in [0.2, 0.25) is 0 Å². The van der Waals surface area contributed by atoms with Crippen molar-refractivity contribution in [3.8, 4) is 0 Å². The fourth-order valence-corrected chi connectivity index (χ4v) is 5.16. The van der Waals surface area contributed by atoms with E-state index in [0.717, 1.165) is 42.4 Å². The number of guanidine groups is 1. The number of anilines is 1. The fraction of sp³-hybridized carbons (Fsp3) is 0.312. The van der Waals surface area contributed by atoms with Crippen molar-refractivity contribution in [2.75, 3.05) is 24.5 Å². The Kier molecular flexibility index (Phi) is 9.73. The summed E-state index contributed by atoms with van der Waals surface area (Å²) in [6, 6.07) is 24.6. The third-order valence-electron chi connectivity index (χ3n) is 7.26. The summed E-state index contributed by atoms with van der Waals surface area (Å²) in [6.07, 6.45) is 3.38. The summed E-state index contributed by atoms with van der Waals surface area (Å²) in [5.41, 5.74) is 14.5. The Bertz CT molecular complexity index is 1350. The quantitative estimate of drug-likeness (QED) is 0.175. The van der Waals surface area contributed by atoms with Gasteiger partial charge in [0.15, 0.2) is 5.96 Å². The van der Waals surface area contributed by atoms with E-state index >= 15 is 0 Å². The van der Waals surface area contributed by atoms with Crippen LogP contribution in [0.4, 0.5) is 5.69 Å². The van der Waals surface area contributed by atoms with Gasteiger partial charge in [0.25, 0.3) is 5.91 Å². The molecule has 0 spiro atoms. The van der Waals surface area contributed by atoms with Crippen molar-refractivity contribution in [3.05, 3.63) is 101 Å². The SMILES string of the molecule is CC(CN1CC(=O)N(C(c2ccccc2)c2ccccc2)c2ccc(CCCCCN=C(N)N)cc2C1=O)C(=O)O. The molecule has 2 amide bonds. The molecule has 1 atom stereocenters. The number of hydrogen-bond acceptors (Lipinski definition) is 4. The van der Waals surface area contributed by atoms with E-state index in [-0.39, 0.29) is 30.9 Å². The fourth-order valence-electron chi connectivity index (χ4n) is 5.16. The third-order valence-corrected chi connectivity index (χ3v) is 7.26. The molecule has 1 aliphatic heterocycles. The number of carboxylic acid groups (broad SMARTS) is 1. The van der Waals surface area contributed by atoms with E-state index in [1.165, 1.54) is 4.90 Å². The van der Waals surface area contributed by atoms with Gasteiger partial charge in [0.2, 0.25) is 5.91 Å². The number of nitrogens with two attached hydrogens (primary N) is 2. The van der Waals surface area contributed by atoms with Gasteiger partial charge in [-0.25, -0.2) is 0 Å². The molecule has 0 aliphatic carbocycles. The highest BCUT2D eigenvalue weighted by atomic mass is 16.4. The number of aliphatic carboxylic acids is 1. The zero-order valence-corrected chi connectivity index (χ0v) is 23.3. The smallest absolute Gasteiger partial charge is 0.308 e. The Morgan fingerprint density at radius 2 is 1.56 bits per heavy atom. The van der Waals surface area contributed by atoms with Gasteiger partial charge in [0.1, 0.15) is 6.54 Å². The molecular weight excluding hydrogens is 518 g/mol. The van der Waals surface area contributed by atoms with Crippen LogP contribution >= 0.6 is 0 Å². The molecule has 3 aromatic rings. The molecule has 9 heteroatoms. The molecule has 5 N–H and O–H groups in total. The maximum absolute atomic E-state index is 14.0. The molecule has 0 aromatic heterocycles. The maximum atomic E-state index is 14.0. The zero-order valence-electron chi connectivity index (χ0n) is 23.3.